The van der Waals surface area contributed by atoms with E-state index >= 15 is 0 Å². The van der Waals surface area contributed by atoms with Crippen molar-refractivity contribution in [2.75, 3.05) is 0 Å². The number of carbonyl (C=O) groups is 1. The van der Waals surface area contributed by atoms with Crippen LogP contribution in [0.2, 0.25) is 0 Å². The SMILES string of the molecule is O=C1C=Cc2nc3ccccc3cc2C1c1ccn[nH]1. The molecule has 1 aromatic carbocycles. The predicted molar refractivity (Wildman–Crippen MR) is 76.2 cm³/mol. The molecule has 0 amide bonds. The van der Waals surface area contributed by atoms with Crippen LogP contribution in [0.3, 0.4) is 0 Å². The number of nitrogens with zero attached hydrogens (tertiary/aromatic N) is 2. The number of rotatable bonds is 1. The third kappa shape index (κ3) is 1.58. The van der Waals surface area contributed by atoms with Gasteiger partial charge < -0.3 is 0 Å². The molecule has 20 heavy (non-hydrogen) atoms. The van der Waals surface area contributed by atoms with Gasteiger partial charge in [0.05, 0.1) is 22.8 Å². The zero-order valence-corrected chi connectivity index (χ0v) is 10.6. The van der Waals surface area contributed by atoms with Gasteiger partial charge >= 0.3 is 0 Å². The lowest BCUT2D eigenvalue weighted by molar-refractivity contribution is -0.115. The number of para-hydroxylation sites is 1. The molecule has 4 rings (SSSR count). The van der Waals surface area contributed by atoms with E-state index in [1.807, 2.05) is 36.4 Å². The molecule has 3 aromatic rings. The van der Waals surface area contributed by atoms with Gasteiger partial charge in [0.2, 0.25) is 0 Å². The highest BCUT2D eigenvalue weighted by Gasteiger charge is 2.28. The Hall–Kier alpha value is -2.75. The van der Waals surface area contributed by atoms with Gasteiger partial charge in [0.15, 0.2) is 5.78 Å². The quantitative estimate of drug-likeness (QED) is 0.732. The summed E-state index contributed by atoms with van der Waals surface area (Å²) in [5.41, 5.74) is 3.52. The summed E-state index contributed by atoms with van der Waals surface area (Å²) in [5, 5.41) is 7.88. The molecule has 2 aromatic heterocycles. The summed E-state index contributed by atoms with van der Waals surface area (Å²) in [6.07, 6.45) is 5.04. The first-order valence-electron chi connectivity index (χ1n) is 6.44. The minimum atomic E-state index is -0.338. The number of nitrogens with one attached hydrogen (secondary N) is 1. The molecule has 0 bridgehead atoms. The Kier molecular flexibility index (Phi) is 2.29. The number of pyridine rings is 1. The van der Waals surface area contributed by atoms with Gasteiger partial charge in [-0.25, -0.2) is 4.98 Å². The van der Waals surface area contributed by atoms with Crippen molar-refractivity contribution >= 4 is 22.8 Å². The number of allylic oxidation sites excluding steroid dienone is 1. The molecule has 4 nitrogen and oxygen atoms in total. The molecule has 0 fully saturated rings. The molecule has 2 heterocycles. The lowest BCUT2D eigenvalue weighted by atomic mass is 9.85. The van der Waals surface area contributed by atoms with Crippen molar-refractivity contribution in [2.24, 2.45) is 0 Å². The van der Waals surface area contributed by atoms with Gasteiger partial charge in [0.1, 0.15) is 0 Å². The molecule has 0 radical (unpaired) electrons. The zero-order valence-electron chi connectivity index (χ0n) is 10.6. The Labute approximate surface area is 115 Å². The van der Waals surface area contributed by atoms with Gasteiger partial charge in [-0.1, -0.05) is 18.2 Å². The fraction of sp³-hybridized carbons (Fsp3) is 0.0625. The van der Waals surface area contributed by atoms with E-state index in [1.54, 1.807) is 18.3 Å². The Morgan fingerprint density at radius 2 is 2.00 bits per heavy atom. The monoisotopic (exact) mass is 261 g/mol. The Morgan fingerprint density at radius 1 is 1.10 bits per heavy atom. The Bertz CT molecular complexity index is 834. The van der Waals surface area contributed by atoms with Gasteiger partial charge in [-0.05, 0) is 35.9 Å². The molecule has 1 N–H and O–H groups in total. The topological polar surface area (TPSA) is 58.6 Å². The van der Waals surface area contributed by atoms with E-state index in [1.165, 1.54) is 0 Å². The molecule has 96 valence electrons. The van der Waals surface area contributed by atoms with Gasteiger partial charge in [-0.2, -0.15) is 5.10 Å². The van der Waals surface area contributed by atoms with Crippen LogP contribution in [0, 0.1) is 0 Å². The Morgan fingerprint density at radius 3 is 2.85 bits per heavy atom. The van der Waals surface area contributed by atoms with Crippen molar-refractivity contribution < 1.29 is 4.79 Å². The molecular weight excluding hydrogens is 250 g/mol. The molecule has 1 aliphatic carbocycles. The van der Waals surface area contributed by atoms with Gasteiger partial charge in [0, 0.05) is 11.6 Å². The van der Waals surface area contributed by atoms with Crippen molar-refractivity contribution in [3.63, 3.8) is 0 Å². The van der Waals surface area contributed by atoms with Crippen molar-refractivity contribution in [1.29, 1.82) is 0 Å². The van der Waals surface area contributed by atoms with Crippen molar-refractivity contribution in [1.82, 2.24) is 15.2 Å². The minimum absolute atomic E-state index is 0.0545. The first-order valence-corrected chi connectivity index (χ1v) is 6.44. The van der Waals surface area contributed by atoms with E-state index in [9.17, 15) is 4.79 Å². The number of hydrogen-bond donors (Lipinski definition) is 1. The summed E-state index contributed by atoms with van der Waals surface area (Å²) in [5.74, 6) is -0.284. The fourth-order valence-corrected chi connectivity index (χ4v) is 2.67. The van der Waals surface area contributed by atoms with E-state index in [0.29, 0.717) is 0 Å². The highest BCUT2D eigenvalue weighted by Crippen LogP contribution is 2.33. The molecule has 1 aliphatic rings. The van der Waals surface area contributed by atoms with Crippen LogP contribution in [-0.2, 0) is 4.79 Å². The van der Waals surface area contributed by atoms with Gasteiger partial charge in [-0.15, -0.1) is 0 Å². The van der Waals surface area contributed by atoms with Crippen LogP contribution in [0.25, 0.3) is 17.0 Å². The number of carbonyl (C=O) groups excluding carboxylic acids is 1. The number of hydrogen-bond acceptors (Lipinski definition) is 3. The number of aromatic nitrogens is 3. The number of fused-ring (bicyclic) bond motifs is 2. The lowest BCUT2D eigenvalue weighted by Gasteiger charge is -2.19. The van der Waals surface area contributed by atoms with Crippen LogP contribution in [0.15, 0.2) is 48.7 Å². The van der Waals surface area contributed by atoms with E-state index < -0.39 is 0 Å². The van der Waals surface area contributed by atoms with Gasteiger partial charge in [-0.3, -0.25) is 9.89 Å². The summed E-state index contributed by atoms with van der Waals surface area (Å²) in [6, 6.07) is 11.8. The Balaban J connectivity index is 1.99. The van der Waals surface area contributed by atoms with Crippen molar-refractivity contribution in [3.05, 3.63) is 65.6 Å². The van der Waals surface area contributed by atoms with E-state index in [0.717, 1.165) is 27.9 Å². The van der Waals surface area contributed by atoms with Gasteiger partial charge in [0.25, 0.3) is 0 Å². The maximum Gasteiger partial charge on any atom is 0.169 e. The molecular formula is C16H11N3O. The molecule has 1 atom stereocenters. The predicted octanol–water partition coefficient (Wildman–Crippen LogP) is 2.69. The second kappa shape index (κ2) is 4.13. The van der Waals surface area contributed by atoms with Crippen molar-refractivity contribution in [3.8, 4) is 0 Å². The molecule has 1 unspecified atom stereocenters. The summed E-state index contributed by atoms with van der Waals surface area (Å²) >= 11 is 0. The molecule has 0 spiro atoms. The minimum Gasteiger partial charge on any atom is -0.294 e. The zero-order chi connectivity index (χ0) is 13.5. The number of H-pyrrole nitrogens is 1. The molecule has 0 aliphatic heterocycles. The van der Waals surface area contributed by atoms with Crippen LogP contribution >= 0.6 is 0 Å². The third-order valence-corrected chi connectivity index (χ3v) is 3.62. The van der Waals surface area contributed by atoms with Crippen LogP contribution in [0.4, 0.5) is 0 Å². The first-order chi connectivity index (χ1) is 9.83. The third-order valence-electron chi connectivity index (χ3n) is 3.62. The molecule has 4 heteroatoms. The highest BCUT2D eigenvalue weighted by atomic mass is 16.1. The normalized spacial score (nSPS) is 17.4. The smallest absolute Gasteiger partial charge is 0.169 e. The van der Waals surface area contributed by atoms with Crippen molar-refractivity contribution in [2.45, 2.75) is 5.92 Å². The average molecular weight is 261 g/mol. The summed E-state index contributed by atoms with van der Waals surface area (Å²) in [6.45, 7) is 0. The average Bonchev–Trinajstić information content (AvgIpc) is 2.99. The first kappa shape index (κ1) is 11.1. The highest BCUT2D eigenvalue weighted by molar-refractivity contribution is 6.04. The maximum absolute atomic E-state index is 12.2. The number of aromatic amines is 1. The molecule has 0 saturated heterocycles. The van der Waals surface area contributed by atoms with Crippen LogP contribution in [0.5, 0.6) is 0 Å². The fourth-order valence-electron chi connectivity index (χ4n) is 2.67. The summed E-state index contributed by atoms with van der Waals surface area (Å²) in [4.78, 5) is 16.9. The van der Waals surface area contributed by atoms with E-state index in [4.69, 9.17) is 0 Å². The number of ketones is 1. The largest absolute Gasteiger partial charge is 0.294 e. The van der Waals surface area contributed by atoms with E-state index in [-0.39, 0.29) is 11.7 Å². The lowest BCUT2D eigenvalue weighted by Crippen LogP contribution is -2.17. The standard InChI is InChI=1S/C16H11N3O/c20-15-6-5-13-11(16(15)14-7-8-17-19-14)9-10-3-1-2-4-12(10)18-13/h1-9,16H,(H,17,19). The van der Waals surface area contributed by atoms with E-state index in [2.05, 4.69) is 15.2 Å². The van der Waals surface area contributed by atoms with Crippen LogP contribution in [-0.4, -0.2) is 21.0 Å². The second-order valence-corrected chi connectivity index (χ2v) is 4.84. The second-order valence-electron chi connectivity index (χ2n) is 4.84. The summed E-state index contributed by atoms with van der Waals surface area (Å²) < 4.78 is 0. The molecule has 0 saturated carbocycles. The number of benzene rings is 1. The van der Waals surface area contributed by atoms with Crippen LogP contribution < -0.4 is 0 Å². The maximum atomic E-state index is 12.2. The van der Waals surface area contributed by atoms with Crippen LogP contribution in [0.1, 0.15) is 22.9 Å². The summed E-state index contributed by atoms with van der Waals surface area (Å²) in [7, 11) is 0.